The number of furan rings is 1. The van der Waals surface area contributed by atoms with Crippen molar-refractivity contribution < 1.29 is 18.3 Å². The molecule has 0 spiro atoms. The van der Waals surface area contributed by atoms with E-state index in [1.807, 2.05) is 5.38 Å². The second-order valence-electron chi connectivity index (χ2n) is 6.76. The minimum atomic E-state index is -0.290. The molecule has 1 aromatic carbocycles. The molecule has 1 aliphatic heterocycles. The van der Waals surface area contributed by atoms with Gasteiger partial charge in [-0.15, -0.1) is 23.7 Å². The van der Waals surface area contributed by atoms with Crippen molar-refractivity contribution in [2.75, 3.05) is 44.3 Å². The smallest absolute Gasteiger partial charge is 0.295 e. The van der Waals surface area contributed by atoms with Crippen molar-refractivity contribution in [1.29, 1.82) is 0 Å². The molecule has 6 nitrogen and oxygen atoms in total. The quantitative estimate of drug-likeness (QED) is 0.535. The summed E-state index contributed by atoms with van der Waals surface area (Å²) < 4.78 is 23.9. The second-order valence-corrected chi connectivity index (χ2v) is 7.60. The number of aromatic nitrogens is 1. The van der Waals surface area contributed by atoms with E-state index in [9.17, 15) is 9.18 Å². The van der Waals surface area contributed by atoms with Crippen LogP contribution in [0.2, 0.25) is 0 Å². The summed E-state index contributed by atoms with van der Waals surface area (Å²) >= 11 is 1.39. The monoisotopic (exact) mass is 451 g/mol. The highest BCUT2D eigenvalue weighted by molar-refractivity contribution is 7.14. The molecule has 0 atom stereocenters. The maximum atomic E-state index is 13.2. The molecule has 160 valence electrons. The number of hydrogen-bond donors (Lipinski definition) is 0. The van der Waals surface area contributed by atoms with Crippen LogP contribution < -0.4 is 4.90 Å². The van der Waals surface area contributed by atoms with Gasteiger partial charge in [0.05, 0.1) is 25.2 Å². The predicted molar refractivity (Wildman–Crippen MR) is 117 cm³/mol. The lowest BCUT2D eigenvalue weighted by molar-refractivity contribution is 0.0376. The van der Waals surface area contributed by atoms with Crippen LogP contribution in [-0.4, -0.2) is 55.2 Å². The van der Waals surface area contributed by atoms with Crippen LogP contribution in [0.3, 0.4) is 0 Å². The molecule has 0 bridgehead atoms. The van der Waals surface area contributed by atoms with Gasteiger partial charge in [0.15, 0.2) is 10.9 Å². The molecule has 3 aromatic rings. The fraction of sp³-hybridized carbons (Fsp3) is 0.333. The Balaban J connectivity index is 0.00000256. The molecule has 0 saturated carbocycles. The molecule has 0 N–H and O–H groups in total. The molecule has 30 heavy (non-hydrogen) atoms. The lowest BCUT2D eigenvalue weighted by atomic mass is 10.2. The first-order chi connectivity index (χ1) is 14.2. The maximum Gasteiger partial charge on any atom is 0.295 e. The summed E-state index contributed by atoms with van der Waals surface area (Å²) in [7, 11) is 0. The number of carbonyl (C=O) groups is 1. The largest absolute Gasteiger partial charge is 0.459 e. The van der Waals surface area contributed by atoms with E-state index < -0.39 is 0 Å². The molecular weight excluding hydrogens is 429 g/mol. The summed E-state index contributed by atoms with van der Waals surface area (Å²) in [4.78, 5) is 21.6. The number of ether oxygens (including phenoxy) is 1. The predicted octanol–water partition coefficient (Wildman–Crippen LogP) is 4.33. The number of carbonyl (C=O) groups excluding carboxylic acids is 1. The molecule has 9 heteroatoms. The minimum absolute atomic E-state index is 0. The number of rotatable bonds is 7. The van der Waals surface area contributed by atoms with Crippen LogP contribution in [0, 0.1) is 5.82 Å². The van der Waals surface area contributed by atoms with Crippen molar-refractivity contribution >= 4 is 34.8 Å². The van der Waals surface area contributed by atoms with E-state index in [1.54, 1.807) is 29.2 Å². The molecule has 4 rings (SSSR count). The zero-order valence-corrected chi connectivity index (χ0v) is 18.0. The standard InChI is InChI=1S/C21H22FN3O3S.ClH/c22-17-6-4-16(5-7-17)18-15-29-21(23-18)25(20(26)19-3-1-12-28-19)9-2-8-24-10-13-27-14-11-24;/h1,3-7,12,15H,2,8-11,13-14H2;1H. The number of morpholine rings is 1. The summed E-state index contributed by atoms with van der Waals surface area (Å²) in [6.45, 7) is 4.76. The van der Waals surface area contributed by atoms with Gasteiger partial charge < -0.3 is 9.15 Å². The van der Waals surface area contributed by atoms with Gasteiger partial charge in [-0.2, -0.15) is 0 Å². The van der Waals surface area contributed by atoms with Crippen molar-refractivity contribution in [1.82, 2.24) is 9.88 Å². The third-order valence-corrected chi connectivity index (χ3v) is 5.66. The second kappa shape index (κ2) is 10.7. The number of hydrogen-bond acceptors (Lipinski definition) is 6. The first kappa shape index (κ1) is 22.4. The van der Waals surface area contributed by atoms with E-state index in [0.717, 1.165) is 50.5 Å². The molecule has 1 saturated heterocycles. The Kier molecular flexibility index (Phi) is 7.98. The number of anilines is 1. The molecule has 1 amide bonds. The van der Waals surface area contributed by atoms with Gasteiger partial charge in [0, 0.05) is 37.1 Å². The molecule has 2 aromatic heterocycles. The number of nitrogens with zero attached hydrogens (tertiary/aromatic N) is 3. The van der Waals surface area contributed by atoms with Crippen molar-refractivity contribution in [3.63, 3.8) is 0 Å². The molecule has 1 aliphatic rings. The van der Waals surface area contributed by atoms with Crippen LogP contribution in [0.1, 0.15) is 17.0 Å². The summed E-state index contributed by atoms with van der Waals surface area (Å²) in [6.07, 6.45) is 2.31. The van der Waals surface area contributed by atoms with Crippen LogP contribution in [0.25, 0.3) is 11.3 Å². The lowest BCUT2D eigenvalue weighted by Gasteiger charge is -2.27. The van der Waals surface area contributed by atoms with Crippen LogP contribution in [0.5, 0.6) is 0 Å². The van der Waals surface area contributed by atoms with E-state index >= 15 is 0 Å². The molecule has 0 radical (unpaired) electrons. The Morgan fingerprint density at radius 1 is 1.20 bits per heavy atom. The average molecular weight is 452 g/mol. The van der Waals surface area contributed by atoms with E-state index in [2.05, 4.69) is 9.88 Å². The number of halogens is 2. The van der Waals surface area contributed by atoms with E-state index in [0.29, 0.717) is 11.7 Å². The van der Waals surface area contributed by atoms with Gasteiger partial charge in [-0.25, -0.2) is 9.37 Å². The zero-order chi connectivity index (χ0) is 20.1. The highest BCUT2D eigenvalue weighted by atomic mass is 35.5. The number of amides is 1. The normalized spacial score (nSPS) is 14.3. The minimum Gasteiger partial charge on any atom is -0.459 e. The first-order valence-corrected chi connectivity index (χ1v) is 10.5. The molecule has 0 unspecified atom stereocenters. The third-order valence-electron chi connectivity index (χ3n) is 4.80. The summed E-state index contributed by atoms with van der Waals surface area (Å²) in [5.41, 5.74) is 1.53. The fourth-order valence-electron chi connectivity index (χ4n) is 3.24. The number of benzene rings is 1. The van der Waals surface area contributed by atoms with E-state index in [1.165, 1.54) is 29.7 Å². The van der Waals surface area contributed by atoms with E-state index in [4.69, 9.17) is 9.15 Å². The van der Waals surface area contributed by atoms with Crippen molar-refractivity contribution in [3.8, 4) is 11.3 Å². The van der Waals surface area contributed by atoms with Gasteiger partial charge >= 0.3 is 0 Å². The Labute approximate surface area is 184 Å². The highest BCUT2D eigenvalue weighted by Crippen LogP contribution is 2.29. The third kappa shape index (κ3) is 5.46. The Bertz CT molecular complexity index is 927. The zero-order valence-electron chi connectivity index (χ0n) is 16.3. The first-order valence-electron chi connectivity index (χ1n) is 9.57. The molecule has 0 aliphatic carbocycles. The van der Waals surface area contributed by atoms with Gasteiger partial charge in [-0.3, -0.25) is 14.6 Å². The average Bonchev–Trinajstić information content (AvgIpc) is 3.45. The van der Waals surface area contributed by atoms with Gasteiger partial charge in [0.25, 0.3) is 5.91 Å². The summed E-state index contributed by atoms with van der Waals surface area (Å²) in [6, 6.07) is 9.54. The topological polar surface area (TPSA) is 58.8 Å². The van der Waals surface area contributed by atoms with Crippen LogP contribution in [0.15, 0.2) is 52.5 Å². The van der Waals surface area contributed by atoms with Gasteiger partial charge in [-0.05, 0) is 42.8 Å². The van der Waals surface area contributed by atoms with Crippen LogP contribution in [-0.2, 0) is 4.74 Å². The highest BCUT2D eigenvalue weighted by Gasteiger charge is 2.23. The fourth-order valence-corrected chi connectivity index (χ4v) is 4.09. The number of thiazole rings is 1. The van der Waals surface area contributed by atoms with Gasteiger partial charge in [0.1, 0.15) is 5.82 Å². The van der Waals surface area contributed by atoms with Crippen molar-refractivity contribution in [2.45, 2.75) is 6.42 Å². The van der Waals surface area contributed by atoms with Gasteiger partial charge in [-0.1, -0.05) is 0 Å². The Morgan fingerprint density at radius 2 is 1.97 bits per heavy atom. The molecule has 1 fully saturated rings. The van der Waals surface area contributed by atoms with Crippen LogP contribution >= 0.6 is 23.7 Å². The Morgan fingerprint density at radius 3 is 2.67 bits per heavy atom. The maximum absolute atomic E-state index is 13.2. The molecular formula is C21H23ClFN3O3S. The van der Waals surface area contributed by atoms with Crippen LogP contribution in [0.4, 0.5) is 9.52 Å². The summed E-state index contributed by atoms with van der Waals surface area (Å²) in [5.74, 6) is -0.214. The lowest BCUT2D eigenvalue weighted by Crippen LogP contribution is -2.39. The van der Waals surface area contributed by atoms with Gasteiger partial charge in [0.2, 0.25) is 0 Å². The van der Waals surface area contributed by atoms with Crippen molar-refractivity contribution in [2.24, 2.45) is 0 Å². The molecule has 3 heterocycles. The summed E-state index contributed by atoms with van der Waals surface area (Å²) in [5, 5.41) is 2.49. The SMILES string of the molecule is Cl.O=C(c1ccco1)N(CCCN1CCOCC1)c1nc(-c2ccc(F)cc2)cs1. The Hall–Kier alpha value is -2.26. The van der Waals surface area contributed by atoms with E-state index in [-0.39, 0.29) is 29.9 Å². The van der Waals surface area contributed by atoms with Crippen molar-refractivity contribution in [3.05, 3.63) is 59.6 Å².